The second-order valence-electron chi connectivity index (χ2n) is 1.80. The summed E-state index contributed by atoms with van der Waals surface area (Å²) in [4.78, 5) is 7.63. The summed E-state index contributed by atoms with van der Waals surface area (Å²) in [7, 11) is 0. The third-order valence-electron chi connectivity index (χ3n) is 1.13. The first kappa shape index (κ1) is 9.88. The van der Waals surface area contributed by atoms with Crippen LogP contribution in [0, 0.1) is 0 Å². The van der Waals surface area contributed by atoms with Gasteiger partial charge in [-0.25, -0.2) is 9.97 Å². The van der Waals surface area contributed by atoms with Crippen molar-refractivity contribution in [3.05, 3.63) is 18.0 Å². The van der Waals surface area contributed by atoms with Crippen molar-refractivity contribution < 1.29 is 0 Å². The summed E-state index contributed by atoms with van der Waals surface area (Å²) in [5.74, 6) is 0.340. The Morgan fingerprint density at radius 2 is 1.73 bits per heavy atom. The highest BCUT2D eigenvalue weighted by atomic mass is 15.0. The molecule has 3 heteroatoms. The molecule has 0 unspecified atom stereocenters. The van der Waals surface area contributed by atoms with Crippen LogP contribution >= 0.6 is 0 Å². The van der Waals surface area contributed by atoms with Gasteiger partial charge in [0.25, 0.3) is 0 Å². The fourth-order valence-electron chi connectivity index (χ4n) is 0.547. The molecule has 0 aliphatic rings. The molecule has 1 heterocycles. The molecule has 11 heavy (non-hydrogen) atoms. The van der Waals surface area contributed by atoms with Crippen LogP contribution in [-0.4, -0.2) is 9.97 Å². The van der Waals surface area contributed by atoms with Gasteiger partial charge in [0.15, 0.2) is 0 Å². The molecule has 0 saturated heterocycles. The van der Waals surface area contributed by atoms with Crippen molar-refractivity contribution in [2.75, 3.05) is 5.73 Å². The lowest BCUT2D eigenvalue weighted by Gasteiger charge is -1.92. The van der Waals surface area contributed by atoms with Gasteiger partial charge >= 0.3 is 0 Å². The topological polar surface area (TPSA) is 51.8 Å². The van der Waals surface area contributed by atoms with Gasteiger partial charge in [0, 0.05) is 12.4 Å². The third-order valence-corrected chi connectivity index (χ3v) is 1.13. The average molecular weight is 153 g/mol. The van der Waals surface area contributed by atoms with Gasteiger partial charge in [-0.2, -0.15) is 0 Å². The Kier molecular flexibility index (Phi) is 5.07. The Labute approximate surface area is 67.7 Å². The van der Waals surface area contributed by atoms with E-state index in [1.54, 1.807) is 12.4 Å². The molecule has 62 valence electrons. The van der Waals surface area contributed by atoms with Gasteiger partial charge in [0.05, 0.1) is 0 Å². The lowest BCUT2D eigenvalue weighted by molar-refractivity contribution is 1.05. The largest absolute Gasteiger partial charge is 0.368 e. The predicted molar refractivity (Wildman–Crippen MR) is 47.2 cm³/mol. The molecule has 0 radical (unpaired) electrons. The van der Waals surface area contributed by atoms with Gasteiger partial charge in [-0.1, -0.05) is 20.8 Å². The minimum Gasteiger partial charge on any atom is -0.368 e. The SMILES string of the molecule is CC.CCc1cnc(N)nc1. The van der Waals surface area contributed by atoms with Crippen LogP contribution in [0.5, 0.6) is 0 Å². The number of aryl methyl sites for hydroxylation is 1. The van der Waals surface area contributed by atoms with E-state index < -0.39 is 0 Å². The number of rotatable bonds is 1. The molecule has 0 aromatic carbocycles. The minimum absolute atomic E-state index is 0.340. The lowest BCUT2D eigenvalue weighted by Crippen LogP contribution is -1.94. The summed E-state index contributed by atoms with van der Waals surface area (Å²) >= 11 is 0. The summed E-state index contributed by atoms with van der Waals surface area (Å²) in [6.45, 7) is 6.05. The molecule has 1 aromatic rings. The molecule has 1 aromatic heterocycles. The Bertz CT molecular complexity index is 181. The van der Waals surface area contributed by atoms with E-state index in [4.69, 9.17) is 5.73 Å². The van der Waals surface area contributed by atoms with E-state index in [0.717, 1.165) is 12.0 Å². The van der Waals surface area contributed by atoms with Crippen LogP contribution in [0.2, 0.25) is 0 Å². The fraction of sp³-hybridized carbons (Fsp3) is 0.500. The maximum atomic E-state index is 5.26. The average Bonchev–Trinajstić information content (AvgIpc) is 2.10. The molecule has 2 N–H and O–H groups in total. The van der Waals surface area contributed by atoms with Crippen LogP contribution in [0.1, 0.15) is 26.3 Å². The molecular weight excluding hydrogens is 138 g/mol. The first-order valence-electron chi connectivity index (χ1n) is 3.89. The summed E-state index contributed by atoms with van der Waals surface area (Å²) in [6.07, 6.45) is 4.44. The van der Waals surface area contributed by atoms with E-state index >= 15 is 0 Å². The smallest absolute Gasteiger partial charge is 0.219 e. The lowest BCUT2D eigenvalue weighted by atomic mass is 10.3. The molecule has 0 fully saturated rings. The summed E-state index contributed by atoms with van der Waals surface area (Å²) in [5, 5.41) is 0. The van der Waals surface area contributed by atoms with Crippen molar-refractivity contribution in [2.45, 2.75) is 27.2 Å². The number of hydrogen-bond acceptors (Lipinski definition) is 3. The van der Waals surface area contributed by atoms with E-state index in [0.29, 0.717) is 5.95 Å². The van der Waals surface area contributed by atoms with Gasteiger partial charge in [-0.15, -0.1) is 0 Å². The second-order valence-corrected chi connectivity index (χ2v) is 1.80. The van der Waals surface area contributed by atoms with E-state index in [2.05, 4.69) is 16.9 Å². The minimum atomic E-state index is 0.340. The van der Waals surface area contributed by atoms with Crippen LogP contribution in [0.4, 0.5) is 5.95 Å². The van der Waals surface area contributed by atoms with Gasteiger partial charge in [0.1, 0.15) is 0 Å². The summed E-state index contributed by atoms with van der Waals surface area (Å²) in [5.41, 5.74) is 6.37. The fourth-order valence-corrected chi connectivity index (χ4v) is 0.547. The number of nitrogens with zero attached hydrogens (tertiary/aromatic N) is 2. The molecule has 0 spiro atoms. The maximum absolute atomic E-state index is 5.26. The highest BCUT2D eigenvalue weighted by Gasteiger charge is 1.87. The van der Waals surface area contributed by atoms with Crippen LogP contribution in [-0.2, 0) is 6.42 Å². The van der Waals surface area contributed by atoms with Crippen molar-refractivity contribution in [1.29, 1.82) is 0 Å². The number of hydrogen-bond donors (Lipinski definition) is 1. The highest BCUT2D eigenvalue weighted by molar-refractivity contribution is 5.16. The van der Waals surface area contributed by atoms with Crippen molar-refractivity contribution in [1.82, 2.24) is 9.97 Å². The zero-order valence-electron chi connectivity index (χ0n) is 7.33. The van der Waals surface area contributed by atoms with Gasteiger partial charge in [0.2, 0.25) is 5.95 Å². The molecule has 0 bridgehead atoms. The quantitative estimate of drug-likeness (QED) is 0.667. The number of nitrogen functional groups attached to an aromatic ring is 1. The molecular formula is C8H15N3. The second kappa shape index (κ2) is 5.65. The van der Waals surface area contributed by atoms with Crippen molar-refractivity contribution in [3.63, 3.8) is 0 Å². The van der Waals surface area contributed by atoms with E-state index in [-0.39, 0.29) is 0 Å². The van der Waals surface area contributed by atoms with E-state index in [9.17, 15) is 0 Å². The molecule has 3 nitrogen and oxygen atoms in total. The first-order valence-corrected chi connectivity index (χ1v) is 3.89. The molecule has 0 aliphatic carbocycles. The molecule has 0 aliphatic heterocycles. The number of nitrogens with two attached hydrogens (primary N) is 1. The number of anilines is 1. The Morgan fingerprint density at radius 3 is 2.09 bits per heavy atom. The Hall–Kier alpha value is -1.12. The molecule has 0 saturated carbocycles. The zero-order valence-corrected chi connectivity index (χ0v) is 7.33. The van der Waals surface area contributed by atoms with Gasteiger partial charge < -0.3 is 5.73 Å². The first-order chi connectivity index (χ1) is 5.33. The zero-order chi connectivity index (χ0) is 8.69. The van der Waals surface area contributed by atoms with Crippen LogP contribution in [0.3, 0.4) is 0 Å². The van der Waals surface area contributed by atoms with Crippen molar-refractivity contribution in [2.24, 2.45) is 0 Å². The Morgan fingerprint density at radius 1 is 1.27 bits per heavy atom. The molecule has 0 amide bonds. The van der Waals surface area contributed by atoms with Crippen molar-refractivity contribution in [3.8, 4) is 0 Å². The van der Waals surface area contributed by atoms with Crippen LogP contribution < -0.4 is 5.73 Å². The van der Waals surface area contributed by atoms with Gasteiger partial charge in [-0.05, 0) is 12.0 Å². The summed E-state index contributed by atoms with van der Waals surface area (Å²) in [6, 6.07) is 0. The van der Waals surface area contributed by atoms with Crippen LogP contribution in [0.15, 0.2) is 12.4 Å². The standard InChI is InChI=1S/C6H9N3.C2H6/c1-2-5-3-8-6(7)9-4-5;1-2/h3-4H,2H2,1H3,(H2,7,8,9);1-2H3. The Balaban J connectivity index is 0.000000461. The van der Waals surface area contributed by atoms with E-state index in [1.807, 2.05) is 13.8 Å². The normalized spacial score (nSPS) is 8.27. The molecule has 0 atom stereocenters. The summed E-state index contributed by atoms with van der Waals surface area (Å²) < 4.78 is 0. The predicted octanol–water partition coefficient (Wildman–Crippen LogP) is 1.65. The van der Waals surface area contributed by atoms with Gasteiger partial charge in [-0.3, -0.25) is 0 Å². The van der Waals surface area contributed by atoms with E-state index in [1.165, 1.54) is 0 Å². The monoisotopic (exact) mass is 153 g/mol. The third kappa shape index (κ3) is 3.55. The maximum Gasteiger partial charge on any atom is 0.219 e. The van der Waals surface area contributed by atoms with Crippen molar-refractivity contribution >= 4 is 5.95 Å². The van der Waals surface area contributed by atoms with Crippen LogP contribution in [0.25, 0.3) is 0 Å². The highest BCUT2D eigenvalue weighted by Crippen LogP contribution is 1.95. The number of aromatic nitrogens is 2. The molecule has 1 rings (SSSR count).